The number of aliphatic carboxylic acids is 1. The summed E-state index contributed by atoms with van der Waals surface area (Å²) >= 11 is 0. The zero-order valence-electron chi connectivity index (χ0n) is 9.91. The van der Waals surface area contributed by atoms with Crippen LogP contribution in [-0.2, 0) is 4.79 Å². The van der Waals surface area contributed by atoms with Crippen LogP contribution in [0.15, 0.2) is 0 Å². The van der Waals surface area contributed by atoms with Gasteiger partial charge in [-0.25, -0.2) is 0 Å². The summed E-state index contributed by atoms with van der Waals surface area (Å²) in [4.78, 5) is 12.8. The van der Waals surface area contributed by atoms with E-state index < -0.39 is 5.97 Å². The zero-order chi connectivity index (χ0) is 11.3. The fourth-order valence-electron chi connectivity index (χ4n) is 2.64. The van der Waals surface area contributed by atoms with E-state index in [0.717, 1.165) is 12.5 Å². The minimum absolute atomic E-state index is 0.206. The van der Waals surface area contributed by atoms with Crippen LogP contribution in [0.25, 0.3) is 0 Å². The van der Waals surface area contributed by atoms with Crippen LogP contribution in [-0.4, -0.2) is 35.1 Å². The summed E-state index contributed by atoms with van der Waals surface area (Å²) in [5.74, 6) is 0.113. The van der Waals surface area contributed by atoms with Gasteiger partial charge in [0.1, 0.15) is 0 Å². The van der Waals surface area contributed by atoms with Gasteiger partial charge in [0.15, 0.2) is 0 Å². The van der Waals surface area contributed by atoms with Gasteiger partial charge in [-0.15, -0.1) is 0 Å². The first-order chi connectivity index (χ1) is 7.17. The lowest BCUT2D eigenvalue weighted by atomic mass is 9.83. The molecule has 1 saturated carbocycles. The molecule has 0 saturated heterocycles. The van der Waals surface area contributed by atoms with Crippen LogP contribution >= 0.6 is 0 Å². The standard InChI is InChI=1S/C12H23NO2/c1-3-10-6-5-7-11(8-10)13(4-2)9-12(14)15/h10-11H,3-9H2,1-2H3,(H,14,15). The van der Waals surface area contributed by atoms with E-state index in [4.69, 9.17) is 5.11 Å². The van der Waals surface area contributed by atoms with Crippen LogP contribution in [0.5, 0.6) is 0 Å². The minimum Gasteiger partial charge on any atom is -0.480 e. The first kappa shape index (κ1) is 12.5. The molecule has 0 heterocycles. The first-order valence-electron chi connectivity index (χ1n) is 6.13. The van der Waals surface area contributed by atoms with E-state index in [1.165, 1.54) is 32.1 Å². The molecule has 0 amide bonds. The number of likely N-dealkylation sites (N-methyl/N-ethyl adjacent to an activating group) is 1. The average molecular weight is 213 g/mol. The van der Waals surface area contributed by atoms with E-state index >= 15 is 0 Å². The normalized spacial score (nSPS) is 26.9. The van der Waals surface area contributed by atoms with Gasteiger partial charge in [0, 0.05) is 6.04 Å². The number of hydrogen-bond acceptors (Lipinski definition) is 2. The van der Waals surface area contributed by atoms with Gasteiger partial charge in [-0.2, -0.15) is 0 Å². The number of hydrogen-bond donors (Lipinski definition) is 1. The Balaban J connectivity index is 2.47. The molecule has 3 heteroatoms. The van der Waals surface area contributed by atoms with Crippen molar-refractivity contribution in [2.45, 2.75) is 52.0 Å². The van der Waals surface area contributed by atoms with Gasteiger partial charge in [-0.3, -0.25) is 9.69 Å². The number of carbonyl (C=O) groups is 1. The Hall–Kier alpha value is -0.570. The van der Waals surface area contributed by atoms with Gasteiger partial charge in [0.25, 0.3) is 0 Å². The smallest absolute Gasteiger partial charge is 0.317 e. The third kappa shape index (κ3) is 3.82. The molecule has 0 radical (unpaired) electrons. The largest absolute Gasteiger partial charge is 0.480 e. The highest BCUT2D eigenvalue weighted by atomic mass is 16.4. The molecule has 1 N–H and O–H groups in total. The fourth-order valence-corrected chi connectivity index (χ4v) is 2.64. The Bertz CT molecular complexity index is 206. The van der Waals surface area contributed by atoms with Crippen molar-refractivity contribution in [1.29, 1.82) is 0 Å². The van der Waals surface area contributed by atoms with Gasteiger partial charge in [-0.1, -0.05) is 33.1 Å². The number of carboxylic acids is 1. The molecule has 2 atom stereocenters. The summed E-state index contributed by atoms with van der Waals surface area (Å²) in [6, 6.07) is 0.504. The molecule has 0 aromatic heterocycles. The minimum atomic E-state index is -0.699. The summed E-state index contributed by atoms with van der Waals surface area (Å²) < 4.78 is 0. The molecular formula is C12H23NO2. The van der Waals surface area contributed by atoms with E-state index in [2.05, 4.69) is 18.7 Å². The van der Waals surface area contributed by atoms with Gasteiger partial charge in [-0.05, 0) is 25.3 Å². The van der Waals surface area contributed by atoms with Crippen LogP contribution < -0.4 is 0 Å². The third-order valence-electron chi connectivity index (χ3n) is 3.59. The van der Waals surface area contributed by atoms with Crippen LogP contribution in [0.2, 0.25) is 0 Å². The molecule has 0 aliphatic heterocycles. The average Bonchev–Trinajstić information content (AvgIpc) is 2.25. The van der Waals surface area contributed by atoms with Crippen LogP contribution in [0.3, 0.4) is 0 Å². The molecule has 88 valence electrons. The molecule has 0 spiro atoms. The Morgan fingerprint density at radius 2 is 2.13 bits per heavy atom. The second kappa shape index (κ2) is 6.11. The van der Waals surface area contributed by atoms with Crippen molar-refractivity contribution in [3.05, 3.63) is 0 Å². The molecule has 2 unspecified atom stereocenters. The van der Waals surface area contributed by atoms with E-state index in [9.17, 15) is 4.79 Å². The molecule has 0 bridgehead atoms. The van der Waals surface area contributed by atoms with Gasteiger partial charge in [0.05, 0.1) is 6.54 Å². The lowest BCUT2D eigenvalue weighted by Gasteiger charge is -2.35. The maximum Gasteiger partial charge on any atom is 0.317 e. The van der Waals surface area contributed by atoms with Crippen LogP contribution in [0.4, 0.5) is 0 Å². The van der Waals surface area contributed by atoms with Crippen molar-refractivity contribution in [2.24, 2.45) is 5.92 Å². The summed E-state index contributed by atoms with van der Waals surface area (Å²) in [6.45, 7) is 5.35. The summed E-state index contributed by atoms with van der Waals surface area (Å²) in [6.07, 6.45) is 6.20. The Morgan fingerprint density at radius 3 is 2.67 bits per heavy atom. The van der Waals surface area contributed by atoms with E-state index in [1.807, 2.05) is 0 Å². The molecule has 1 rings (SSSR count). The van der Waals surface area contributed by atoms with Gasteiger partial charge in [0.2, 0.25) is 0 Å². The van der Waals surface area contributed by atoms with E-state index in [-0.39, 0.29) is 6.54 Å². The maximum absolute atomic E-state index is 10.7. The maximum atomic E-state index is 10.7. The Kier molecular flexibility index (Phi) is 5.09. The van der Waals surface area contributed by atoms with Crippen molar-refractivity contribution in [2.75, 3.05) is 13.1 Å². The first-order valence-corrected chi connectivity index (χ1v) is 6.13. The molecule has 1 aliphatic carbocycles. The van der Waals surface area contributed by atoms with Crippen LogP contribution in [0.1, 0.15) is 46.0 Å². The van der Waals surface area contributed by atoms with E-state index in [0.29, 0.717) is 6.04 Å². The molecule has 3 nitrogen and oxygen atoms in total. The predicted molar refractivity (Wildman–Crippen MR) is 60.9 cm³/mol. The molecule has 15 heavy (non-hydrogen) atoms. The van der Waals surface area contributed by atoms with Crippen molar-refractivity contribution in [1.82, 2.24) is 4.90 Å². The van der Waals surface area contributed by atoms with Crippen LogP contribution in [0, 0.1) is 5.92 Å². The highest BCUT2D eigenvalue weighted by Crippen LogP contribution is 2.29. The quantitative estimate of drug-likeness (QED) is 0.762. The monoisotopic (exact) mass is 213 g/mol. The SMILES string of the molecule is CCC1CCCC(N(CC)CC(=O)O)C1. The second-order valence-corrected chi connectivity index (χ2v) is 4.55. The Labute approximate surface area is 92.5 Å². The molecular weight excluding hydrogens is 190 g/mol. The summed E-state index contributed by atoms with van der Waals surface area (Å²) in [7, 11) is 0. The topological polar surface area (TPSA) is 40.5 Å². The highest BCUT2D eigenvalue weighted by Gasteiger charge is 2.25. The lowest BCUT2D eigenvalue weighted by Crippen LogP contribution is -2.41. The number of nitrogens with zero attached hydrogens (tertiary/aromatic N) is 1. The molecule has 1 aliphatic rings. The van der Waals surface area contributed by atoms with Crippen molar-refractivity contribution >= 4 is 5.97 Å². The second-order valence-electron chi connectivity index (χ2n) is 4.55. The zero-order valence-corrected chi connectivity index (χ0v) is 9.91. The molecule has 0 aromatic rings. The van der Waals surface area contributed by atoms with Crippen molar-refractivity contribution < 1.29 is 9.90 Å². The van der Waals surface area contributed by atoms with Crippen molar-refractivity contribution in [3.8, 4) is 0 Å². The van der Waals surface area contributed by atoms with E-state index in [1.54, 1.807) is 0 Å². The fraction of sp³-hybridized carbons (Fsp3) is 0.917. The third-order valence-corrected chi connectivity index (χ3v) is 3.59. The van der Waals surface area contributed by atoms with Crippen molar-refractivity contribution in [3.63, 3.8) is 0 Å². The molecule has 1 fully saturated rings. The summed E-state index contributed by atoms with van der Waals surface area (Å²) in [5, 5.41) is 8.83. The summed E-state index contributed by atoms with van der Waals surface area (Å²) in [5.41, 5.74) is 0. The Morgan fingerprint density at radius 1 is 1.40 bits per heavy atom. The van der Waals surface area contributed by atoms with Gasteiger partial charge >= 0.3 is 5.97 Å². The predicted octanol–water partition coefficient (Wildman–Crippen LogP) is 2.36. The highest BCUT2D eigenvalue weighted by molar-refractivity contribution is 5.69. The lowest BCUT2D eigenvalue weighted by molar-refractivity contribution is -0.139. The van der Waals surface area contributed by atoms with Gasteiger partial charge < -0.3 is 5.11 Å². The molecule has 0 aromatic carbocycles. The number of carboxylic acid groups (broad SMARTS) is 1. The number of rotatable bonds is 5.